The monoisotopic (exact) mass is 300 g/mol. The second-order valence-electron chi connectivity index (χ2n) is 3.09. The van der Waals surface area contributed by atoms with E-state index in [9.17, 15) is 4.79 Å². The van der Waals surface area contributed by atoms with Gasteiger partial charge in [0.15, 0.2) is 0 Å². The molecule has 16 heavy (non-hydrogen) atoms. The zero-order chi connectivity index (χ0) is 11.5. The lowest BCUT2D eigenvalue weighted by molar-refractivity contribution is 0.0947. The number of halogens is 1. The van der Waals surface area contributed by atoms with Crippen molar-refractivity contribution in [2.45, 2.75) is 6.54 Å². The molecule has 0 aromatic carbocycles. The van der Waals surface area contributed by atoms with Crippen molar-refractivity contribution in [3.63, 3.8) is 0 Å². The summed E-state index contributed by atoms with van der Waals surface area (Å²) in [6.45, 7) is 0.480. The van der Waals surface area contributed by atoms with Crippen molar-refractivity contribution < 1.29 is 4.79 Å². The van der Waals surface area contributed by atoms with Gasteiger partial charge in [-0.25, -0.2) is 0 Å². The molecule has 2 aromatic heterocycles. The van der Waals surface area contributed by atoms with Gasteiger partial charge < -0.3 is 11.1 Å². The van der Waals surface area contributed by atoms with Crippen molar-refractivity contribution in [1.29, 1.82) is 0 Å². The number of nitrogens with two attached hydrogens (primary N) is 1. The van der Waals surface area contributed by atoms with Crippen LogP contribution in [-0.4, -0.2) is 16.1 Å². The first-order valence-corrected chi connectivity index (χ1v) is 6.09. The maximum atomic E-state index is 11.6. The topological polar surface area (TPSA) is 83.8 Å². The summed E-state index contributed by atoms with van der Waals surface area (Å²) in [5, 5.41) is 8.99. The molecule has 0 radical (unpaired) electrons. The molecule has 2 heterocycles. The zero-order valence-electron chi connectivity index (χ0n) is 8.16. The maximum Gasteiger partial charge on any atom is 0.271 e. The Morgan fingerprint density at radius 3 is 3.00 bits per heavy atom. The highest BCUT2D eigenvalue weighted by Gasteiger charge is 2.11. The van der Waals surface area contributed by atoms with E-state index < -0.39 is 0 Å². The van der Waals surface area contributed by atoms with Crippen LogP contribution in [0.15, 0.2) is 22.1 Å². The van der Waals surface area contributed by atoms with Gasteiger partial charge >= 0.3 is 0 Å². The van der Waals surface area contributed by atoms with Crippen LogP contribution in [0.3, 0.4) is 0 Å². The number of nitrogen functional groups attached to an aromatic ring is 1. The fraction of sp³-hybridized carbons (Fsp3) is 0.111. The van der Waals surface area contributed by atoms with Crippen molar-refractivity contribution in [3.05, 3.63) is 32.7 Å². The molecule has 0 saturated carbocycles. The SMILES string of the molecule is Nc1cn[nH]c1C(=O)NCc1ccc(Br)s1. The molecule has 0 fully saturated rings. The molecule has 0 bridgehead atoms. The van der Waals surface area contributed by atoms with Gasteiger partial charge in [-0.3, -0.25) is 9.89 Å². The third kappa shape index (κ3) is 2.42. The number of hydrogen-bond donors (Lipinski definition) is 3. The van der Waals surface area contributed by atoms with Gasteiger partial charge in [-0.2, -0.15) is 5.10 Å². The quantitative estimate of drug-likeness (QED) is 0.807. The first-order chi connectivity index (χ1) is 7.66. The smallest absolute Gasteiger partial charge is 0.271 e. The summed E-state index contributed by atoms with van der Waals surface area (Å²) in [7, 11) is 0. The third-order valence-electron chi connectivity index (χ3n) is 1.95. The van der Waals surface area contributed by atoms with E-state index in [0.717, 1.165) is 8.66 Å². The van der Waals surface area contributed by atoms with Gasteiger partial charge in [0.05, 0.1) is 22.2 Å². The molecule has 0 aliphatic heterocycles. The van der Waals surface area contributed by atoms with Crippen molar-refractivity contribution in [2.24, 2.45) is 0 Å². The first-order valence-electron chi connectivity index (χ1n) is 4.48. The van der Waals surface area contributed by atoms with Crippen LogP contribution in [0, 0.1) is 0 Å². The van der Waals surface area contributed by atoms with E-state index in [1.54, 1.807) is 11.3 Å². The van der Waals surface area contributed by atoms with Crippen LogP contribution >= 0.6 is 27.3 Å². The second-order valence-corrected chi connectivity index (χ2v) is 5.64. The lowest BCUT2D eigenvalue weighted by atomic mass is 10.3. The molecule has 0 unspecified atom stereocenters. The summed E-state index contributed by atoms with van der Waals surface area (Å²) in [5.41, 5.74) is 6.21. The highest BCUT2D eigenvalue weighted by atomic mass is 79.9. The molecular weight excluding hydrogens is 292 g/mol. The van der Waals surface area contributed by atoms with E-state index >= 15 is 0 Å². The van der Waals surface area contributed by atoms with Gasteiger partial charge in [0.1, 0.15) is 5.69 Å². The van der Waals surface area contributed by atoms with Gasteiger partial charge in [0, 0.05) is 4.88 Å². The number of rotatable bonds is 3. The maximum absolute atomic E-state index is 11.6. The number of nitrogens with one attached hydrogen (secondary N) is 2. The van der Waals surface area contributed by atoms with Gasteiger partial charge in [0.2, 0.25) is 0 Å². The summed E-state index contributed by atoms with van der Waals surface area (Å²) in [5.74, 6) is -0.250. The fourth-order valence-corrected chi connectivity index (χ4v) is 2.60. The van der Waals surface area contributed by atoms with Crippen molar-refractivity contribution in [2.75, 3.05) is 5.73 Å². The molecule has 1 amide bonds. The number of nitrogens with zero attached hydrogens (tertiary/aromatic N) is 1. The molecule has 0 saturated heterocycles. The van der Waals surface area contributed by atoms with Crippen LogP contribution in [0.25, 0.3) is 0 Å². The van der Waals surface area contributed by atoms with Crippen LogP contribution in [0.5, 0.6) is 0 Å². The molecular formula is C9H9BrN4OS. The largest absolute Gasteiger partial charge is 0.396 e. The lowest BCUT2D eigenvalue weighted by Gasteiger charge is -2.01. The number of aromatic nitrogens is 2. The average Bonchev–Trinajstić information content (AvgIpc) is 2.84. The molecule has 0 aliphatic rings. The van der Waals surface area contributed by atoms with E-state index in [4.69, 9.17) is 5.73 Å². The average molecular weight is 301 g/mol. The first kappa shape index (κ1) is 11.2. The second kappa shape index (κ2) is 4.67. The Morgan fingerprint density at radius 1 is 1.62 bits per heavy atom. The predicted octanol–water partition coefficient (Wildman–Crippen LogP) is 1.75. The Hall–Kier alpha value is -1.34. The standard InChI is InChI=1S/C9H9BrN4OS/c10-7-2-1-5(16-7)3-12-9(15)8-6(11)4-13-14-8/h1-2,4H,3,11H2,(H,12,15)(H,13,14). The summed E-state index contributed by atoms with van der Waals surface area (Å²) in [4.78, 5) is 12.7. The van der Waals surface area contributed by atoms with E-state index in [2.05, 4.69) is 31.4 Å². The Kier molecular flexibility index (Phi) is 3.25. The molecule has 2 rings (SSSR count). The minimum absolute atomic E-state index is 0.250. The fourth-order valence-electron chi connectivity index (χ4n) is 1.18. The number of thiophene rings is 1. The Balaban J connectivity index is 1.96. The number of anilines is 1. The minimum atomic E-state index is -0.250. The molecule has 0 atom stereocenters. The summed E-state index contributed by atoms with van der Waals surface area (Å²) >= 11 is 4.94. The van der Waals surface area contributed by atoms with E-state index in [1.807, 2.05) is 12.1 Å². The Bertz CT molecular complexity index is 507. The van der Waals surface area contributed by atoms with E-state index in [0.29, 0.717) is 17.9 Å². The van der Waals surface area contributed by atoms with Crippen LogP contribution in [0.1, 0.15) is 15.4 Å². The number of aromatic amines is 1. The number of carbonyl (C=O) groups is 1. The molecule has 0 spiro atoms. The summed E-state index contributed by atoms with van der Waals surface area (Å²) in [6.07, 6.45) is 1.41. The zero-order valence-corrected chi connectivity index (χ0v) is 10.6. The van der Waals surface area contributed by atoms with E-state index in [-0.39, 0.29) is 5.91 Å². The highest BCUT2D eigenvalue weighted by molar-refractivity contribution is 9.11. The number of carbonyl (C=O) groups excluding carboxylic acids is 1. The molecule has 4 N–H and O–H groups in total. The highest BCUT2D eigenvalue weighted by Crippen LogP contribution is 2.21. The van der Waals surface area contributed by atoms with Gasteiger partial charge in [-0.15, -0.1) is 11.3 Å². The van der Waals surface area contributed by atoms with E-state index in [1.165, 1.54) is 6.20 Å². The number of amides is 1. The van der Waals surface area contributed by atoms with Gasteiger partial charge in [-0.05, 0) is 28.1 Å². The van der Waals surface area contributed by atoms with Crippen LogP contribution in [0.4, 0.5) is 5.69 Å². The molecule has 7 heteroatoms. The Labute approximate surface area is 104 Å². The van der Waals surface area contributed by atoms with Crippen molar-refractivity contribution in [1.82, 2.24) is 15.5 Å². The predicted molar refractivity (Wildman–Crippen MR) is 66.2 cm³/mol. The summed E-state index contributed by atoms with van der Waals surface area (Å²) in [6, 6.07) is 3.89. The van der Waals surface area contributed by atoms with Crippen LogP contribution in [-0.2, 0) is 6.54 Å². The Morgan fingerprint density at radius 2 is 2.44 bits per heavy atom. The third-order valence-corrected chi connectivity index (χ3v) is 3.57. The van der Waals surface area contributed by atoms with Crippen LogP contribution < -0.4 is 11.1 Å². The normalized spacial score (nSPS) is 10.3. The number of H-pyrrole nitrogens is 1. The summed E-state index contributed by atoms with van der Waals surface area (Å²) < 4.78 is 1.04. The molecule has 84 valence electrons. The molecule has 5 nitrogen and oxygen atoms in total. The van der Waals surface area contributed by atoms with Gasteiger partial charge in [0.25, 0.3) is 5.91 Å². The minimum Gasteiger partial charge on any atom is -0.396 e. The molecule has 0 aliphatic carbocycles. The molecule has 2 aromatic rings. The number of hydrogen-bond acceptors (Lipinski definition) is 4. The van der Waals surface area contributed by atoms with Crippen molar-refractivity contribution >= 4 is 38.9 Å². The van der Waals surface area contributed by atoms with Gasteiger partial charge in [-0.1, -0.05) is 0 Å². The van der Waals surface area contributed by atoms with Crippen molar-refractivity contribution in [3.8, 4) is 0 Å². The lowest BCUT2D eigenvalue weighted by Crippen LogP contribution is -2.23. The van der Waals surface area contributed by atoms with Crippen LogP contribution in [0.2, 0.25) is 0 Å².